The van der Waals surface area contributed by atoms with Crippen LogP contribution in [-0.4, -0.2) is 21.3 Å². The number of hydrogen-bond acceptors (Lipinski definition) is 3. The first-order chi connectivity index (χ1) is 11.6. The van der Waals surface area contributed by atoms with E-state index in [0.29, 0.717) is 18.8 Å². The lowest BCUT2D eigenvalue weighted by atomic mass is 9.46. The first-order valence-corrected chi connectivity index (χ1v) is 9.38. The van der Waals surface area contributed by atoms with Crippen LogP contribution in [0.3, 0.4) is 0 Å². The molecule has 0 heterocycles. The van der Waals surface area contributed by atoms with Gasteiger partial charge in [0.2, 0.25) is 0 Å². The monoisotopic (exact) mass is 346 g/mol. The van der Waals surface area contributed by atoms with Gasteiger partial charge in [0.15, 0.2) is 0 Å². The van der Waals surface area contributed by atoms with Crippen molar-refractivity contribution in [3.63, 3.8) is 0 Å². The number of carboxylic acid groups (broad SMARTS) is 1. The molecule has 4 atom stereocenters. The van der Waals surface area contributed by atoms with E-state index in [-0.39, 0.29) is 34.2 Å². The highest BCUT2D eigenvalue weighted by molar-refractivity contribution is 5.70. The molecule has 2 fully saturated rings. The highest BCUT2D eigenvalue weighted by Crippen LogP contribution is 2.61. The molecule has 0 spiro atoms. The van der Waals surface area contributed by atoms with Gasteiger partial charge in [0.1, 0.15) is 11.5 Å². The maximum absolute atomic E-state index is 12.0. The third kappa shape index (κ3) is 3.23. The van der Waals surface area contributed by atoms with Crippen molar-refractivity contribution in [2.45, 2.75) is 59.3 Å². The molecule has 1 aromatic rings. The van der Waals surface area contributed by atoms with Gasteiger partial charge >= 0.3 is 5.97 Å². The van der Waals surface area contributed by atoms with Crippen molar-refractivity contribution in [1.82, 2.24) is 0 Å². The van der Waals surface area contributed by atoms with Crippen LogP contribution in [0.15, 0.2) is 18.2 Å². The molecule has 2 aliphatic rings. The van der Waals surface area contributed by atoms with Crippen molar-refractivity contribution in [3.8, 4) is 11.5 Å². The Morgan fingerprint density at radius 2 is 1.72 bits per heavy atom. The summed E-state index contributed by atoms with van der Waals surface area (Å²) in [7, 11) is 0. The average Bonchev–Trinajstić information content (AvgIpc) is 2.46. The number of rotatable bonds is 3. The summed E-state index contributed by atoms with van der Waals surface area (Å²) in [5.41, 5.74) is 1.03. The van der Waals surface area contributed by atoms with Crippen LogP contribution in [0.1, 0.15) is 58.4 Å². The molecule has 0 radical (unpaired) electrons. The summed E-state index contributed by atoms with van der Waals surface area (Å²) in [6.45, 7) is 6.93. The standard InChI is InChI=1S/C21H30O4/c1-20(2)7-4-8-21(3)17(16(19(24)25)5-6-18(20)21)11-13-9-14(22)12-15(23)10-13/h9-10,12,16-18,22-23H,4-8,11H2,1-3H3,(H,24,25)/t16-,17-,18-,21+/m0/s1. The third-order valence-corrected chi connectivity index (χ3v) is 7.11. The molecule has 4 nitrogen and oxygen atoms in total. The van der Waals surface area contributed by atoms with E-state index in [4.69, 9.17) is 0 Å². The Balaban J connectivity index is 1.99. The van der Waals surface area contributed by atoms with Gasteiger partial charge in [-0.25, -0.2) is 0 Å². The van der Waals surface area contributed by atoms with Crippen molar-refractivity contribution < 1.29 is 20.1 Å². The number of carbonyl (C=O) groups is 1. The van der Waals surface area contributed by atoms with Gasteiger partial charge in [-0.05, 0) is 72.5 Å². The van der Waals surface area contributed by atoms with Gasteiger partial charge < -0.3 is 15.3 Å². The third-order valence-electron chi connectivity index (χ3n) is 7.11. The molecule has 0 aliphatic heterocycles. The van der Waals surface area contributed by atoms with E-state index in [1.54, 1.807) is 12.1 Å². The number of phenolic OH excluding ortho intramolecular Hbond substituents is 2. The van der Waals surface area contributed by atoms with Crippen molar-refractivity contribution in [3.05, 3.63) is 23.8 Å². The Hall–Kier alpha value is -1.71. The predicted octanol–water partition coefficient (Wildman–Crippen LogP) is 4.58. The number of fused-ring (bicyclic) bond motifs is 1. The smallest absolute Gasteiger partial charge is 0.306 e. The Bertz CT molecular complexity index is 646. The van der Waals surface area contributed by atoms with E-state index >= 15 is 0 Å². The lowest BCUT2D eigenvalue weighted by Gasteiger charge is -2.59. The number of carboxylic acids is 1. The number of phenols is 2. The fourth-order valence-corrected chi connectivity index (χ4v) is 6.04. The summed E-state index contributed by atoms with van der Waals surface area (Å²) < 4.78 is 0. The van der Waals surface area contributed by atoms with Crippen LogP contribution in [0.25, 0.3) is 0 Å². The van der Waals surface area contributed by atoms with Crippen LogP contribution >= 0.6 is 0 Å². The van der Waals surface area contributed by atoms with E-state index in [1.165, 1.54) is 12.5 Å². The summed E-state index contributed by atoms with van der Waals surface area (Å²) in [4.78, 5) is 12.0. The van der Waals surface area contributed by atoms with Crippen LogP contribution in [0, 0.1) is 28.6 Å². The lowest BCUT2D eigenvalue weighted by Crippen LogP contribution is -2.53. The van der Waals surface area contributed by atoms with Crippen LogP contribution in [0.4, 0.5) is 0 Å². The van der Waals surface area contributed by atoms with Gasteiger partial charge in [0.05, 0.1) is 5.92 Å². The SMILES string of the molecule is CC1(C)CCC[C@]2(C)[C@@H](Cc3cc(O)cc(O)c3)[C@@H](C(=O)O)CC[C@@H]12. The van der Waals surface area contributed by atoms with Gasteiger partial charge in [-0.3, -0.25) is 4.79 Å². The van der Waals surface area contributed by atoms with Crippen molar-refractivity contribution in [2.75, 3.05) is 0 Å². The Kier molecular flexibility index (Phi) is 4.50. The van der Waals surface area contributed by atoms with E-state index in [9.17, 15) is 20.1 Å². The summed E-state index contributed by atoms with van der Waals surface area (Å²) in [6.07, 6.45) is 5.66. The Morgan fingerprint density at radius 3 is 2.32 bits per heavy atom. The maximum atomic E-state index is 12.0. The normalized spacial score (nSPS) is 34.3. The molecule has 2 saturated carbocycles. The maximum Gasteiger partial charge on any atom is 0.306 e. The second kappa shape index (κ2) is 6.22. The fraction of sp³-hybridized carbons (Fsp3) is 0.667. The molecule has 1 aromatic carbocycles. The topological polar surface area (TPSA) is 77.8 Å². The zero-order chi connectivity index (χ0) is 18.4. The summed E-state index contributed by atoms with van der Waals surface area (Å²) in [6, 6.07) is 4.62. The summed E-state index contributed by atoms with van der Waals surface area (Å²) >= 11 is 0. The highest BCUT2D eigenvalue weighted by atomic mass is 16.4. The zero-order valence-corrected chi connectivity index (χ0v) is 15.5. The van der Waals surface area contributed by atoms with E-state index in [1.807, 2.05) is 0 Å². The van der Waals surface area contributed by atoms with Crippen molar-refractivity contribution in [1.29, 1.82) is 0 Å². The molecule has 3 rings (SSSR count). The van der Waals surface area contributed by atoms with Crippen molar-refractivity contribution >= 4 is 5.97 Å². The zero-order valence-electron chi connectivity index (χ0n) is 15.5. The number of aromatic hydroxyl groups is 2. The molecular formula is C21H30O4. The van der Waals surface area contributed by atoms with E-state index in [0.717, 1.165) is 24.8 Å². The molecular weight excluding hydrogens is 316 g/mol. The second-order valence-electron chi connectivity index (χ2n) is 9.09. The minimum atomic E-state index is -0.711. The highest BCUT2D eigenvalue weighted by Gasteiger charge is 2.55. The fourth-order valence-electron chi connectivity index (χ4n) is 6.04. The van der Waals surface area contributed by atoms with Gasteiger partial charge in [-0.2, -0.15) is 0 Å². The summed E-state index contributed by atoms with van der Waals surface area (Å²) in [5.74, 6) is -0.478. The average molecular weight is 346 g/mol. The largest absolute Gasteiger partial charge is 0.508 e. The minimum absolute atomic E-state index is 0.0181. The molecule has 4 heteroatoms. The Morgan fingerprint density at radius 1 is 1.08 bits per heavy atom. The first kappa shape index (κ1) is 18.1. The number of aliphatic carboxylic acids is 1. The molecule has 0 saturated heterocycles. The molecule has 138 valence electrons. The van der Waals surface area contributed by atoms with Crippen molar-refractivity contribution in [2.24, 2.45) is 28.6 Å². The Labute approximate surface area is 149 Å². The van der Waals surface area contributed by atoms with Crippen LogP contribution in [0.2, 0.25) is 0 Å². The van der Waals surface area contributed by atoms with Gasteiger partial charge in [0, 0.05) is 6.07 Å². The molecule has 0 bridgehead atoms. The predicted molar refractivity (Wildman–Crippen MR) is 96.6 cm³/mol. The molecule has 0 unspecified atom stereocenters. The summed E-state index contributed by atoms with van der Waals surface area (Å²) in [5, 5.41) is 29.4. The number of benzene rings is 1. The molecule has 0 aromatic heterocycles. The molecule has 2 aliphatic carbocycles. The lowest BCUT2D eigenvalue weighted by molar-refractivity contribution is -0.157. The van der Waals surface area contributed by atoms with Crippen LogP contribution in [-0.2, 0) is 11.2 Å². The molecule has 0 amide bonds. The quantitative estimate of drug-likeness (QED) is 0.748. The molecule has 25 heavy (non-hydrogen) atoms. The second-order valence-corrected chi connectivity index (χ2v) is 9.09. The van der Waals surface area contributed by atoms with Gasteiger partial charge in [-0.15, -0.1) is 0 Å². The van der Waals surface area contributed by atoms with Crippen LogP contribution in [0.5, 0.6) is 11.5 Å². The first-order valence-electron chi connectivity index (χ1n) is 9.38. The van der Waals surface area contributed by atoms with Gasteiger partial charge in [-0.1, -0.05) is 27.2 Å². The van der Waals surface area contributed by atoms with E-state index < -0.39 is 5.97 Å². The number of hydrogen-bond donors (Lipinski definition) is 3. The molecule has 3 N–H and O–H groups in total. The van der Waals surface area contributed by atoms with Gasteiger partial charge in [0.25, 0.3) is 0 Å². The van der Waals surface area contributed by atoms with Crippen LogP contribution < -0.4 is 0 Å². The minimum Gasteiger partial charge on any atom is -0.508 e. The van der Waals surface area contributed by atoms with E-state index in [2.05, 4.69) is 20.8 Å².